The van der Waals surface area contributed by atoms with Crippen molar-refractivity contribution in [2.75, 3.05) is 6.61 Å². The van der Waals surface area contributed by atoms with Gasteiger partial charge in [-0.15, -0.1) is 0 Å². The molecule has 8 heavy (non-hydrogen) atoms. The molecule has 0 saturated heterocycles. The molecular formula is C5H7BO2. The van der Waals surface area contributed by atoms with Crippen LogP contribution in [0.5, 0.6) is 0 Å². The van der Waals surface area contributed by atoms with Crippen LogP contribution >= 0.6 is 0 Å². The highest BCUT2D eigenvalue weighted by Crippen LogP contribution is 2.06. The van der Waals surface area contributed by atoms with E-state index in [0.29, 0.717) is 0 Å². The van der Waals surface area contributed by atoms with Crippen LogP contribution in [0.25, 0.3) is 0 Å². The fraction of sp³-hybridized carbons (Fsp3) is 0.600. The lowest BCUT2D eigenvalue weighted by Gasteiger charge is -2.05. The monoisotopic (exact) mass is 110 g/mol. The van der Waals surface area contributed by atoms with E-state index in [0.717, 1.165) is 0 Å². The van der Waals surface area contributed by atoms with Gasteiger partial charge in [0.2, 0.25) is 0 Å². The largest absolute Gasteiger partial charge is 0.393 e. The maximum Gasteiger partial charge on any atom is 0.114 e. The summed E-state index contributed by atoms with van der Waals surface area (Å²) < 4.78 is 4.93. The van der Waals surface area contributed by atoms with Gasteiger partial charge in [0, 0.05) is 6.00 Å². The van der Waals surface area contributed by atoms with Crippen LogP contribution < -0.4 is 0 Å². The zero-order valence-electron chi connectivity index (χ0n) is 4.45. The summed E-state index contributed by atoms with van der Waals surface area (Å²) in [7, 11) is 5.28. The first-order valence-electron chi connectivity index (χ1n) is 2.53. The van der Waals surface area contributed by atoms with Crippen LogP contribution in [0.1, 0.15) is 0 Å². The fourth-order valence-electron chi connectivity index (χ4n) is 0.630. The Balaban J connectivity index is 2.34. The Labute approximate surface area is 49.6 Å². The molecule has 0 saturated carbocycles. The van der Waals surface area contributed by atoms with Crippen molar-refractivity contribution in [3.05, 3.63) is 12.2 Å². The Morgan fingerprint density at radius 2 is 2.38 bits per heavy atom. The van der Waals surface area contributed by atoms with Crippen LogP contribution in [0.2, 0.25) is 0 Å². The Morgan fingerprint density at radius 3 is 2.62 bits per heavy atom. The molecule has 2 radical (unpaired) electrons. The minimum Gasteiger partial charge on any atom is -0.393 e. The molecule has 1 aliphatic rings. The number of rotatable bonds is 1. The first kappa shape index (κ1) is 5.85. The predicted octanol–water partition coefficient (Wildman–Crippen LogP) is -0.572. The molecule has 1 aliphatic heterocycles. The average molecular weight is 110 g/mol. The van der Waals surface area contributed by atoms with Crippen LogP contribution in [-0.2, 0) is 4.74 Å². The summed E-state index contributed by atoms with van der Waals surface area (Å²) in [6, 6.07) is -0.313. The highest BCUT2D eigenvalue weighted by atomic mass is 16.5. The van der Waals surface area contributed by atoms with Crippen molar-refractivity contribution < 1.29 is 9.84 Å². The first-order chi connectivity index (χ1) is 3.83. The molecule has 0 aliphatic carbocycles. The molecule has 0 fully saturated rings. The Kier molecular flexibility index (Phi) is 1.71. The van der Waals surface area contributed by atoms with E-state index < -0.39 is 0 Å². The van der Waals surface area contributed by atoms with Crippen molar-refractivity contribution in [3.63, 3.8) is 0 Å². The maximum atomic E-state index is 8.45. The SMILES string of the molecule is [B]C1C=CC(CO)O1. The lowest BCUT2D eigenvalue weighted by Crippen LogP contribution is -2.15. The van der Waals surface area contributed by atoms with Gasteiger partial charge < -0.3 is 9.84 Å². The van der Waals surface area contributed by atoms with E-state index in [1.165, 1.54) is 0 Å². The summed E-state index contributed by atoms with van der Waals surface area (Å²) in [6.07, 6.45) is 3.30. The standard InChI is InChI=1S/C5H7BO2/c6-5-2-1-4(3-7)8-5/h1-2,4-5,7H,3H2. The third-order valence-electron chi connectivity index (χ3n) is 1.03. The van der Waals surface area contributed by atoms with E-state index in [-0.39, 0.29) is 18.7 Å². The fourth-order valence-corrected chi connectivity index (χ4v) is 0.630. The quantitative estimate of drug-likeness (QED) is 0.361. The number of aliphatic hydroxyl groups is 1. The lowest BCUT2D eigenvalue weighted by molar-refractivity contribution is 0.0581. The summed E-state index contributed by atoms with van der Waals surface area (Å²) in [4.78, 5) is 0. The molecule has 0 aromatic rings. The molecule has 0 aromatic carbocycles. The van der Waals surface area contributed by atoms with E-state index in [2.05, 4.69) is 0 Å². The zero-order chi connectivity index (χ0) is 5.98. The summed E-state index contributed by atoms with van der Waals surface area (Å²) in [5, 5.41) is 8.45. The summed E-state index contributed by atoms with van der Waals surface area (Å²) in [5.74, 6) is 0. The number of hydrogen-bond acceptors (Lipinski definition) is 2. The minimum absolute atomic E-state index is 0.0181. The maximum absolute atomic E-state index is 8.45. The van der Waals surface area contributed by atoms with Gasteiger partial charge in [-0.05, 0) is 0 Å². The van der Waals surface area contributed by atoms with E-state index >= 15 is 0 Å². The van der Waals surface area contributed by atoms with Crippen molar-refractivity contribution in [1.82, 2.24) is 0 Å². The third kappa shape index (κ3) is 1.11. The molecule has 3 heteroatoms. The molecule has 2 atom stereocenters. The van der Waals surface area contributed by atoms with Gasteiger partial charge in [0.1, 0.15) is 7.85 Å². The lowest BCUT2D eigenvalue weighted by atomic mass is 10.0. The third-order valence-corrected chi connectivity index (χ3v) is 1.03. The molecule has 1 heterocycles. The van der Waals surface area contributed by atoms with Crippen molar-refractivity contribution >= 4 is 7.85 Å². The van der Waals surface area contributed by atoms with Crippen LogP contribution in [0.3, 0.4) is 0 Å². The van der Waals surface area contributed by atoms with Gasteiger partial charge in [-0.2, -0.15) is 0 Å². The molecule has 2 nitrogen and oxygen atoms in total. The molecule has 0 spiro atoms. The molecular weight excluding hydrogens is 103 g/mol. The predicted molar refractivity (Wildman–Crippen MR) is 30.6 cm³/mol. The Bertz CT molecular complexity index is 103. The van der Waals surface area contributed by atoms with Gasteiger partial charge in [-0.1, -0.05) is 12.2 Å². The highest BCUT2D eigenvalue weighted by molar-refractivity contribution is 6.12. The van der Waals surface area contributed by atoms with Crippen molar-refractivity contribution in [2.45, 2.75) is 12.1 Å². The van der Waals surface area contributed by atoms with E-state index in [9.17, 15) is 0 Å². The Hall–Kier alpha value is -0.275. The molecule has 1 N–H and O–H groups in total. The van der Waals surface area contributed by atoms with E-state index in [1.54, 1.807) is 12.2 Å². The van der Waals surface area contributed by atoms with Gasteiger partial charge in [-0.3, -0.25) is 0 Å². The zero-order valence-corrected chi connectivity index (χ0v) is 4.45. The van der Waals surface area contributed by atoms with E-state index in [4.69, 9.17) is 17.7 Å². The second-order valence-corrected chi connectivity index (χ2v) is 1.71. The molecule has 1 rings (SSSR count). The Morgan fingerprint density at radius 1 is 1.62 bits per heavy atom. The molecule has 0 aromatic heterocycles. The van der Waals surface area contributed by atoms with Crippen molar-refractivity contribution in [3.8, 4) is 0 Å². The minimum atomic E-state index is -0.313. The molecule has 42 valence electrons. The van der Waals surface area contributed by atoms with Gasteiger partial charge in [0.05, 0.1) is 12.7 Å². The van der Waals surface area contributed by atoms with Crippen LogP contribution in [-0.4, -0.2) is 31.7 Å². The van der Waals surface area contributed by atoms with Crippen LogP contribution in [0.4, 0.5) is 0 Å². The second-order valence-electron chi connectivity index (χ2n) is 1.71. The van der Waals surface area contributed by atoms with Gasteiger partial charge in [0.15, 0.2) is 0 Å². The van der Waals surface area contributed by atoms with Gasteiger partial charge in [-0.25, -0.2) is 0 Å². The number of hydrogen-bond donors (Lipinski definition) is 1. The summed E-state index contributed by atoms with van der Waals surface area (Å²) in [5.41, 5.74) is 0. The van der Waals surface area contributed by atoms with Crippen molar-refractivity contribution in [1.29, 1.82) is 0 Å². The van der Waals surface area contributed by atoms with Crippen molar-refractivity contribution in [2.24, 2.45) is 0 Å². The summed E-state index contributed by atoms with van der Waals surface area (Å²) in [6.45, 7) is 0.0181. The number of ether oxygens (including phenoxy) is 1. The van der Waals surface area contributed by atoms with Gasteiger partial charge >= 0.3 is 0 Å². The molecule has 0 amide bonds. The highest BCUT2D eigenvalue weighted by Gasteiger charge is 2.12. The topological polar surface area (TPSA) is 29.5 Å². The number of aliphatic hydroxyl groups excluding tert-OH is 1. The van der Waals surface area contributed by atoms with Gasteiger partial charge in [0.25, 0.3) is 0 Å². The normalized spacial score (nSPS) is 36.1. The first-order valence-corrected chi connectivity index (χ1v) is 2.53. The average Bonchev–Trinajstić information content (AvgIpc) is 2.14. The van der Waals surface area contributed by atoms with E-state index in [1.807, 2.05) is 0 Å². The second kappa shape index (κ2) is 2.33. The molecule has 0 bridgehead atoms. The smallest absolute Gasteiger partial charge is 0.114 e. The summed E-state index contributed by atoms with van der Waals surface area (Å²) >= 11 is 0. The van der Waals surface area contributed by atoms with Crippen LogP contribution in [0.15, 0.2) is 12.2 Å². The molecule has 2 unspecified atom stereocenters. The van der Waals surface area contributed by atoms with Crippen LogP contribution in [0, 0.1) is 0 Å².